The van der Waals surface area contributed by atoms with Crippen LogP contribution < -0.4 is 5.73 Å². The molecule has 2 N–H and O–H groups in total. The SMILES string of the molecule is Cc1nc(CN(C)C(=O)CCCCN)cs1. The predicted molar refractivity (Wildman–Crippen MR) is 66.2 cm³/mol. The van der Waals surface area contributed by atoms with Crippen molar-refractivity contribution in [3.8, 4) is 0 Å². The normalized spacial score (nSPS) is 10.4. The van der Waals surface area contributed by atoms with Gasteiger partial charge in [0.1, 0.15) is 0 Å². The number of carbonyl (C=O) groups excluding carboxylic acids is 1. The number of amides is 1. The zero-order chi connectivity index (χ0) is 12.0. The molecule has 0 fully saturated rings. The third kappa shape index (κ3) is 4.28. The average molecular weight is 241 g/mol. The van der Waals surface area contributed by atoms with Gasteiger partial charge >= 0.3 is 0 Å². The number of thiazole rings is 1. The lowest BCUT2D eigenvalue weighted by Crippen LogP contribution is -2.26. The minimum absolute atomic E-state index is 0.166. The Kier molecular flexibility index (Phi) is 5.42. The fourth-order valence-corrected chi connectivity index (χ4v) is 2.03. The Morgan fingerprint density at radius 3 is 2.88 bits per heavy atom. The molecular weight excluding hydrogens is 222 g/mol. The van der Waals surface area contributed by atoms with E-state index in [1.54, 1.807) is 16.2 Å². The summed E-state index contributed by atoms with van der Waals surface area (Å²) in [5.74, 6) is 0.166. The molecule has 16 heavy (non-hydrogen) atoms. The molecule has 0 aliphatic heterocycles. The van der Waals surface area contributed by atoms with Crippen LogP contribution in [-0.2, 0) is 11.3 Å². The lowest BCUT2D eigenvalue weighted by Gasteiger charge is -2.15. The van der Waals surface area contributed by atoms with E-state index in [0.29, 0.717) is 19.5 Å². The molecule has 0 aliphatic rings. The number of nitrogens with zero attached hydrogens (tertiary/aromatic N) is 2. The van der Waals surface area contributed by atoms with Crippen molar-refractivity contribution in [2.24, 2.45) is 5.73 Å². The van der Waals surface area contributed by atoms with Gasteiger partial charge in [0.15, 0.2) is 0 Å². The van der Waals surface area contributed by atoms with E-state index in [4.69, 9.17) is 5.73 Å². The maximum Gasteiger partial charge on any atom is 0.222 e. The monoisotopic (exact) mass is 241 g/mol. The van der Waals surface area contributed by atoms with Crippen molar-refractivity contribution < 1.29 is 4.79 Å². The molecule has 0 spiro atoms. The van der Waals surface area contributed by atoms with Crippen molar-refractivity contribution in [3.63, 3.8) is 0 Å². The summed E-state index contributed by atoms with van der Waals surface area (Å²) in [6.07, 6.45) is 2.36. The van der Waals surface area contributed by atoms with E-state index in [-0.39, 0.29) is 5.91 Å². The highest BCUT2D eigenvalue weighted by molar-refractivity contribution is 7.09. The Balaban J connectivity index is 2.34. The molecule has 0 aliphatic carbocycles. The summed E-state index contributed by atoms with van der Waals surface area (Å²) in [5, 5.41) is 3.04. The van der Waals surface area contributed by atoms with Crippen LogP contribution in [0, 0.1) is 6.92 Å². The van der Waals surface area contributed by atoms with Crippen LogP contribution in [0.25, 0.3) is 0 Å². The lowest BCUT2D eigenvalue weighted by molar-refractivity contribution is -0.130. The molecule has 0 unspecified atom stereocenters. The number of nitrogens with two attached hydrogens (primary N) is 1. The van der Waals surface area contributed by atoms with Gasteiger partial charge in [0, 0.05) is 18.8 Å². The van der Waals surface area contributed by atoms with Gasteiger partial charge in [0.05, 0.1) is 17.2 Å². The number of aromatic nitrogens is 1. The van der Waals surface area contributed by atoms with Crippen molar-refractivity contribution in [3.05, 3.63) is 16.1 Å². The predicted octanol–water partition coefficient (Wildman–Crippen LogP) is 1.54. The first kappa shape index (κ1) is 13.1. The fraction of sp³-hybridized carbons (Fsp3) is 0.636. The molecule has 0 bridgehead atoms. The van der Waals surface area contributed by atoms with Gasteiger partial charge in [-0.25, -0.2) is 4.98 Å². The molecule has 5 heteroatoms. The number of unbranched alkanes of at least 4 members (excludes halogenated alkanes) is 1. The quantitative estimate of drug-likeness (QED) is 0.769. The molecule has 0 saturated heterocycles. The largest absolute Gasteiger partial charge is 0.340 e. The van der Waals surface area contributed by atoms with Crippen LogP contribution in [0.15, 0.2) is 5.38 Å². The molecular formula is C11H19N3OS. The highest BCUT2D eigenvalue weighted by atomic mass is 32.1. The highest BCUT2D eigenvalue weighted by Gasteiger charge is 2.10. The zero-order valence-electron chi connectivity index (χ0n) is 9.90. The van der Waals surface area contributed by atoms with Crippen LogP contribution in [0.3, 0.4) is 0 Å². The Morgan fingerprint density at radius 2 is 2.31 bits per heavy atom. The second-order valence-corrected chi connectivity index (χ2v) is 4.92. The van der Waals surface area contributed by atoms with Crippen LogP contribution in [0.4, 0.5) is 0 Å². The molecule has 1 aromatic heterocycles. The molecule has 0 atom stereocenters. The van der Waals surface area contributed by atoms with Crippen LogP contribution in [0.2, 0.25) is 0 Å². The summed E-state index contributed by atoms with van der Waals surface area (Å²) in [6, 6.07) is 0. The maximum absolute atomic E-state index is 11.7. The molecule has 1 heterocycles. The van der Waals surface area contributed by atoms with E-state index in [0.717, 1.165) is 23.5 Å². The third-order valence-electron chi connectivity index (χ3n) is 2.34. The number of hydrogen-bond acceptors (Lipinski definition) is 4. The van der Waals surface area contributed by atoms with Crippen LogP contribution in [0.1, 0.15) is 30.0 Å². The second kappa shape index (κ2) is 6.60. The minimum Gasteiger partial charge on any atom is -0.340 e. The lowest BCUT2D eigenvalue weighted by atomic mass is 10.2. The minimum atomic E-state index is 0.166. The summed E-state index contributed by atoms with van der Waals surface area (Å²) in [7, 11) is 1.82. The second-order valence-electron chi connectivity index (χ2n) is 3.85. The molecule has 1 aromatic rings. The van der Waals surface area contributed by atoms with Crippen LogP contribution in [-0.4, -0.2) is 29.4 Å². The average Bonchev–Trinajstić information content (AvgIpc) is 2.64. The Morgan fingerprint density at radius 1 is 1.56 bits per heavy atom. The van der Waals surface area contributed by atoms with Gasteiger partial charge in [-0.1, -0.05) is 0 Å². The summed E-state index contributed by atoms with van der Waals surface area (Å²) < 4.78 is 0. The number of hydrogen-bond donors (Lipinski definition) is 1. The van der Waals surface area contributed by atoms with Crippen molar-refractivity contribution in [1.29, 1.82) is 0 Å². The van der Waals surface area contributed by atoms with Gasteiger partial charge in [-0.05, 0) is 26.3 Å². The molecule has 1 rings (SSSR count). The van der Waals surface area contributed by atoms with Gasteiger partial charge in [-0.3, -0.25) is 4.79 Å². The van der Waals surface area contributed by atoms with Crippen LogP contribution >= 0.6 is 11.3 Å². The highest BCUT2D eigenvalue weighted by Crippen LogP contribution is 2.10. The first-order chi connectivity index (χ1) is 7.63. The van der Waals surface area contributed by atoms with Crippen molar-refractivity contribution >= 4 is 17.2 Å². The standard InChI is InChI=1S/C11H19N3OS/c1-9-13-10(8-16-9)7-14(2)11(15)5-3-4-6-12/h8H,3-7,12H2,1-2H3. The van der Waals surface area contributed by atoms with E-state index in [9.17, 15) is 4.79 Å². The number of aryl methyl sites for hydroxylation is 1. The van der Waals surface area contributed by atoms with E-state index < -0.39 is 0 Å². The van der Waals surface area contributed by atoms with Gasteiger partial charge in [0.2, 0.25) is 5.91 Å². The van der Waals surface area contributed by atoms with Gasteiger partial charge in [0.25, 0.3) is 0 Å². The van der Waals surface area contributed by atoms with Crippen LogP contribution in [0.5, 0.6) is 0 Å². The number of carbonyl (C=O) groups is 1. The van der Waals surface area contributed by atoms with E-state index >= 15 is 0 Å². The van der Waals surface area contributed by atoms with Gasteiger partial charge < -0.3 is 10.6 Å². The zero-order valence-corrected chi connectivity index (χ0v) is 10.7. The molecule has 0 saturated carbocycles. The third-order valence-corrected chi connectivity index (χ3v) is 3.16. The molecule has 90 valence electrons. The molecule has 4 nitrogen and oxygen atoms in total. The molecule has 0 radical (unpaired) electrons. The van der Waals surface area contributed by atoms with Crippen molar-refractivity contribution in [1.82, 2.24) is 9.88 Å². The van der Waals surface area contributed by atoms with E-state index in [1.807, 2.05) is 19.4 Å². The van der Waals surface area contributed by atoms with Gasteiger partial charge in [-0.2, -0.15) is 0 Å². The summed E-state index contributed by atoms with van der Waals surface area (Å²) in [6.45, 7) is 3.23. The fourth-order valence-electron chi connectivity index (χ4n) is 1.42. The van der Waals surface area contributed by atoms with E-state index in [1.165, 1.54) is 0 Å². The maximum atomic E-state index is 11.7. The molecule has 1 amide bonds. The van der Waals surface area contributed by atoms with Gasteiger partial charge in [-0.15, -0.1) is 11.3 Å². The summed E-state index contributed by atoms with van der Waals surface area (Å²) >= 11 is 1.61. The topological polar surface area (TPSA) is 59.2 Å². The Bertz CT molecular complexity index is 338. The summed E-state index contributed by atoms with van der Waals surface area (Å²) in [4.78, 5) is 17.8. The van der Waals surface area contributed by atoms with E-state index in [2.05, 4.69) is 4.98 Å². The van der Waals surface area contributed by atoms with Crippen molar-refractivity contribution in [2.75, 3.05) is 13.6 Å². The summed E-state index contributed by atoms with van der Waals surface area (Å²) in [5.41, 5.74) is 6.35. The van der Waals surface area contributed by atoms with Crippen molar-refractivity contribution in [2.45, 2.75) is 32.7 Å². The first-order valence-corrected chi connectivity index (χ1v) is 6.36. The molecule has 0 aromatic carbocycles. The smallest absolute Gasteiger partial charge is 0.222 e. The number of rotatable bonds is 6. The Hall–Kier alpha value is -0.940. The first-order valence-electron chi connectivity index (χ1n) is 5.48. The Labute approximate surface area is 100 Å².